The average Bonchev–Trinajstić information content (AvgIpc) is 2.40. The number of aromatic hydroxyl groups is 1. The van der Waals surface area contributed by atoms with Crippen LogP contribution in [-0.4, -0.2) is 22.7 Å². The fourth-order valence-electron chi connectivity index (χ4n) is 2.39. The Hall–Kier alpha value is -0.190. The fraction of sp³-hybridized carbons (Fsp3) is 0.571. The lowest BCUT2D eigenvalue weighted by atomic mass is 10.0. The molecule has 4 heteroatoms. The van der Waals surface area contributed by atoms with Crippen molar-refractivity contribution in [2.45, 2.75) is 38.3 Å². The van der Waals surface area contributed by atoms with Crippen LogP contribution < -0.4 is 5.32 Å². The number of hydrogen-bond donors (Lipinski definition) is 2. The molecule has 0 spiro atoms. The highest BCUT2D eigenvalue weighted by Gasteiger charge is 2.20. The number of halogens is 1. The topological polar surface area (TPSA) is 32.3 Å². The standard InChI is InChI=1S/C14H20BrNOS/c1-2-13(16-11-4-3-7-18-9-11)12-8-10(15)5-6-14(12)17/h5-6,8,11,13,16-17H,2-4,7,9H2,1H3. The largest absolute Gasteiger partial charge is 0.508 e. The molecule has 2 atom stereocenters. The Balaban J connectivity index is 2.09. The number of hydrogen-bond acceptors (Lipinski definition) is 3. The van der Waals surface area contributed by atoms with Crippen LogP contribution in [0.5, 0.6) is 5.75 Å². The second-order valence-electron chi connectivity index (χ2n) is 4.74. The molecule has 1 saturated heterocycles. The molecule has 18 heavy (non-hydrogen) atoms. The Morgan fingerprint density at radius 1 is 1.56 bits per heavy atom. The van der Waals surface area contributed by atoms with Crippen LogP contribution in [0.25, 0.3) is 0 Å². The quantitative estimate of drug-likeness (QED) is 0.872. The van der Waals surface area contributed by atoms with Crippen molar-refractivity contribution in [1.29, 1.82) is 0 Å². The first-order valence-corrected chi connectivity index (χ1v) is 8.47. The lowest BCUT2D eigenvalue weighted by molar-refractivity contribution is 0.402. The third kappa shape index (κ3) is 3.65. The smallest absolute Gasteiger partial charge is 0.120 e. The van der Waals surface area contributed by atoms with Gasteiger partial charge >= 0.3 is 0 Å². The maximum atomic E-state index is 10.00. The summed E-state index contributed by atoms with van der Waals surface area (Å²) in [5.74, 6) is 2.86. The highest BCUT2D eigenvalue weighted by Crippen LogP contribution is 2.30. The first-order valence-electron chi connectivity index (χ1n) is 6.53. The van der Waals surface area contributed by atoms with E-state index in [0.717, 1.165) is 16.5 Å². The predicted molar refractivity (Wildman–Crippen MR) is 82.3 cm³/mol. The molecule has 2 N–H and O–H groups in total. The Kier molecular flexibility index (Phi) is 5.39. The van der Waals surface area contributed by atoms with Crippen LogP contribution in [0.2, 0.25) is 0 Å². The summed E-state index contributed by atoms with van der Waals surface area (Å²) in [5, 5.41) is 13.7. The average molecular weight is 330 g/mol. The molecule has 0 aliphatic carbocycles. The van der Waals surface area contributed by atoms with Crippen LogP contribution in [0.4, 0.5) is 0 Å². The van der Waals surface area contributed by atoms with Crippen molar-refractivity contribution in [1.82, 2.24) is 5.32 Å². The highest BCUT2D eigenvalue weighted by molar-refractivity contribution is 9.10. The van der Waals surface area contributed by atoms with Gasteiger partial charge in [-0.3, -0.25) is 0 Å². The van der Waals surface area contributed by atoms with Crippen molar-refractivity contribution in [3.05, 3.63) is 28.2 Å². The first kappa shape index (κ1) is 14.2. The van der Waals surface area contributed by atoms with Crippen LogP contribution in [0, 0.1) is 0 Å². The van der Waals surface area contributed by atoms with Gasteiger partial charge in [0.15, 0.2) is 0 Å². The second kappa shape index (κ2) is 6.83. The van der Waals surface area contributed by atoms with Crippen molar-refractivity contribution < 1.29 is 5.11 Å². The van der Waals surface area contributed by atoms with Gasteiger partial charge in [0.2, 0.25) is 0 Å². The van der Waals surface area contributed by atoms with E-state index in [1.54, 1.807) is 6.07 Å². The number of benzene rings is 1. The second-order valence-corrected chi connectivity index (χ2v) is 6.81. The molecule has 2 rings (SSSR count). The normalized spacial score (nSPS) is 21.8. The molecule has 1 aromatic carbocycles. The Morgan fingerprint density at radius 2 is 2.39 bits per heavy atom. The van der Waals surface area contributed by atoms with Crippen LogP contribution in [0.3, 0.4) is 0 Å². The third-order valence-corrected chi connectivity index (χ3v) is 5.08. The molecule has 0 saturated carbocycles. The van der Waals surface area contributed by atoms with E-state index in [9.17, 15) is 5.11 Å². The van der Waals surface area contributed by atoms with Gasteiger partial charge < -0.3 is 10.4 Å². The van der Waals surface area contributed by atoms with Crippen molar-refractivity contribution in [3.63, 3.8) is 0 Å². The lowest BCUT2D eigenvalue weighted by Crippen LogP contribution is -2.36. The molecule has 0 bridgehead atoms. The van der Waals surface area contributed by atoms with Gasteiger partial charge in [0.1, 0.15) is 5.75 Å². The summed E-state index contributed by atoms with van der Waals surface area (Å²) < 4.78 is 1.02. The van der Waals surface area contributed by atoms with E-state index >= 15 is 0 Å². The molecule has 100 valence electrons. The minimum atomic E-state index is 0.242. The summed E-state index contributed by atoms with van der Waals surface area (Å²) in [6.45, 7) is 2.16. The molecule has 0 radical (unpaired) electrons. The van der Waals surface area contributed by atoms with E-state index in [0.29, 0.717) is 11.8 Å². The van der Waals surface area contributed by atoms with E-state index in [4.69, 9.17) is 0 Å². The van der Waals surface area contributed by atoms with Crippen LogP contribution >= 0.6 is 27.7 Å². The van der Waals surface area contributed by atoms with Gasteiger partial charge in [-0.05, 0) is 43.2 Å². The van der Waals surface area contributed by atoms with Crippen molar-refractivity contribution in [2.24, 2.45) is 0 Å². The number of phenols is 1. The van der Waals surface area contributed by atoms with E-state index in [2.05, 4.69) is 28.2 Å². The van der Waals surface area contributed by atoms with Crippen molar-refractivity contribution >= 4 is 27.7 Å². The van der Waals surface area contributed by atoms with Crippen molar-refractivity contribution in [3.8, 4) is 5.75 Å². The third-order valence-electron chi connectivity index (χ3n) is 3.37. The number of rotatable bonds is 4. The first-order chi connectivity index (χ1) is 8.70. The van der Waals surface area contributed by atoms with Gasteiger partial charge in [-0.15, -0.1) is 0 Å². The number of phenolic OH excluding ortho intramolecular Hbond substituents is 1. The van der Waals surface area contributed by atoms with Gasteiger partial charge in [-0.1, -0.05) is 22.9 Å². The molecule has 0 amide bonds. The van der Waals surface area contributed by atoms with E-state index in [1.165, 1.54) is 24.3 Å². The summed E-state index contributed by atoms with van der Waals surface area (Å²) in [5.41, 5.74) is 1.00. The molecule has 1 aliphatic heterocycles. The van der Waals surface area contributed by atoms with Gasteiger partial charge in [0.05, 0.1) is 0 Å². The maximum Gasteiger partial charge on any atom is 0.120 e. The Labute approximate surface area is 122 Å². The van der Waals surface area contributed by atoms with Gasteiger partial charge in [0, 0.05) is 27.9 Å². The molecule has 1 aliphatic rings. The molecule has 1 heterocycles. The maximum absolute atomic E-state index is 10.00. The monoisotopic (exact) mass is 329 g/mol. The summed E-state index contributed by atoms with van der Waals surface area (Å²) in [4.78, 5) is 0. The molecular formula is C14H20BrNOS. The molecule has 1 aromatic rings. The van der Waals surface area contributed by atoms with Gasteiger partial charge in [-0.25, -0.2) is 0 Å². The summed E-state index contributed by atoms with van der Waals surface area (Å²) >= 11 is 5.50. The zero-order valence-electron chi connectivity index (χ0n) is 10.7. The van der Waals surface area contributed by atoms with Gasteiger partial charge in [0.25, 0.3) is 0 Å². The zero-order chi connectivity index (χ0) is 13.0. The number of thioether (sulfide) groups is 1. The predicted octanol–water partition coefficient (Wildman–Crippen LogP) is 4.09. The minimum Gasteiger partial charge on any atom is -0.508 e. The van der Waals surface area contributed by atoms with Gasteiger partial charge in [-0.2, -0.15) is 11.8 Å². The van der Waals surface area contributed by atoms with Crippen LogP contribution in [0.15, 0.2) is 22.7 Å². The molecule has 1 fully saturated rings. The lowest BCUT2D eigenvalue weighted by Gasteiger charge is -2.28. The highest BCUT2D eigenvalue weighted by atomic mass is 79.9. The Bertz CT molecular complexity index is 393. The summed E-state index contributed by atoms with van der Waals surface area (Å²) in [6, 6.07) is 6.48. The molecular weight excluding hydrogens is 310 g/mol. The summed E-state index contributed by atoms with van der Waals surface area (Å²) in [7, 11) is 0. The van der Waals surface area contributed by atoms with Crippen LogP contribution in [-0.2, 0) is 0 Å². The molecule has 0 aromatic heterocycles. The van der Waals surface area contributed by atoms with Crippen molar-refractivity contribution in [2.75, 3.05) is 11.5 Å². The molecule has 2 unspecified atom stereocenters. The van der Waals surface area contributed by atoms with E-state index in [-0.39, 0.29) is 6.04 Å². The van der Waals surface area contributed by atoms with E-state index in [1.807, 2.05) is 23.9 Å². The van der Waals surface area contributed by atoms with Crippen LogP contribution in [0.1, 0.15) is 37.8 Å². The van der Waals surface area contributed by atoms with E-state index < -0.39 is 0 Å². The zero-order valence-corrected chi connectivity index (χ0v) is 13.1. The SMILES string of the molecule is CCC(NC1CCCSC1)c1cc(Br)ccc1O. The number of nitrogens with one attached hydrogen (secondary N) is 1. The molecule has 2 nitrogen and oxygen atoms in total. The minimum absolute atomic E-state index is 0.242. The fourth-order valence-corrected chi connectivity index (χ4v) is 3.85. The summed E-state index contributed by atoms with van der Waals surface area (Å²) in [6.07, 6.45) is 3.53. The Morgan fingerprint density at radius 3 is 3.06 bits per heavy atom.